The SMILES string of the molecule is Fc1ccc(Cn2nc(-c3ccc(Cl)cc3)c3c2CCNCC3)cc1F. The van der Waals surface area contributed by atoms with Gasteiger partial charge in [-0.1, -0.05) is 29.8 Å². The van der Waals surface area contributed by atoms with Crippen LogP contribution in [0.5, 0.6) is 0 Å². The molecule has 0 unspecified atom stereocenters. The summed E-state index contributed by atoms with van der Waals surface area (Å²) < 4.78 is 28.7. The number of hydrogen-bond acceptors (Lipinski definition) is 2. The van der Waals surface area contributed by atoms with E-state index in [0.29, 0.717) is 17.1 Å². The van der Waals surface area contributed by atoms with E-state index in [4.69, 9.17) is 16.7 Å². The molecule has 6 heteroatoms. The van der Waals surface area contributed by atoms with Crippen molar-refractivity contribution in [2.75, 3.05) is 13.1 Å². The molecule has 1 aromatic heterocycles. The van der Waals surface area contributed by atoms with Crippen LogP contribution in [-0.2, 0) is 19.4 Å². The minimum Gasteiger partial charge on any atom is -0.316 e. The van der Waals surface area contributed by atoms with E-state index in [2.05, 4.69) is 5.32 Å². The predicted octanol–water partition coefficient (Wildman–Crippen LogP) is 4.22. The largest absolute Gasteiger partial charge is 0.316 e. The van der Waals surface area contributed by atoms with Crippen LogP contribution in [0, 0.1) is 11.6 Å². The molecule has 1 N–H and O–H groups in total. The average Bonchev–Trinajstić information content (AvgIpc) is 2.81. The van der Waals surface area contributed by atoms with Crippen LogP contribution >= 0.6 is 11.6 Å². The van der Waals surface area contributed by atoms with Gasteiger partial charge in [0.1, 0.15) is 0 Å². The van der Waals surface area contributed by atoms with Gasteiger partial charge < -0.3 is 5.32 Å². The highest BCUT2D eigenvalue weighted by molar-refractivity contribution is 6.30. The molecule has 26 heavy (non-hydrogen) atoms. The quantitative estimate of drug-likeness (QED) is 0.745. The van der Waals surface area contributed by atoms with Crippen LogP contribution < -0.4 is 5.32 Å². The standard InChI is InChI=1S/C20H18ClF2N3/c21-15-4-2-14(3-5-15)20-16-7-9-24-10-8-19(16)26(25-20)12-13-1-6-17(22)18(23)11-13/h1-6,11,24H,7-10,12H2. The first-order chi connectivity index (χ1) is 12.6. The smallest absolute Gasteiger partial charge is 0.159 e. The van der Waals surface area contributed by atoms with Crippen LogP contribution in [0.25, 0.3) is 11.3 Å². The first kappa shape index (κ1) is 17.2. The maximum Gasteiger partial charge on any atom is 0.159 e. The molecule has 0 saturated carbocycles. The summed E-state index contributed by atoms with van der Waals surface area (Å²) in [5.74, 6) is -1.67. The van der Waals surface area contributed by atoms with Crippen molar-refractivity contribution in [3.63, 3.8) is 0 Å². The van der Waals surface area contributed by atoms with E-state index in [1.165, 1.54) is 11.6 Å². The Labute approximate surface area is 155 Å². The fraction of sp³-hybridized carbons (Fsp3) is 0.250. The fourth-order valence-electron chi connectivity index (χ4n) is 3.40. The van der Waals surface area contributed by atoms with Crippen LogP contribution in [0.3, 0.4) is 0 Å². The van der Waals surface area contributed by atoms with Crippen molar-refractivity contribution >= 4 is 11.6 Å². The molecular formula is C20H18ClF2N3. The Balaban J connectivity index is 1.76. The zero-order chi connectivity index (χ0) is 18.1. The molecule has 0 atom stereocenters. The molecule has 1 aliphatic rings. The second-order valence-corrected chi connectivity index (χ2v) is 6.87. The number of benzene rings is 2. The molecule has 2 heterocycles. The Morgan fingerprint density at radius 1 is 1.00 bits per heavy atom. The highest BCUT2D eigenvalue weighted by atomic mass is 35.5. The summed E-state index contributed by atoms with van der Waals surface area (Å²) in [7, 11) is 0. The first-order valence-electron chi connectivity index (χ1n) is 8.61. The minimum absolute atomic E-state index is 0.410. The summed E-state index contributed by atoms with van der Waals surface area (Å²) in [5.41, 5.74) is 4.98. The van der Waals surface area contributed by atoms with Crippen LogP contribution in [-0.4, -0.2) is 22.9 Å². The summed E-state index contributed by atoms with van der Waals surface area (Å²) in [5, 5.41) is 8.90. The number of nitrogens with one attached hydrogen (secondary N) is 1. The number of rotatable bonds is 3. The second kappa shape index (κ2) is 7.17. The van der Waals surface area contributed by atoms with E-state index >= 15 is 0 Å². The number of nitrogens with zero attached hydrogens (tertiary/aromatic N) is 2. The van der Waals surface area contributed by atoms with Crippen LogP contribution in [0.4, 0.5) is 8.78 Å². The van der Waals surface area contributed by atoms with Gasteiger partial charge in [-0.15, -0.1) is 0 Å². The van der Waals surface area contributed by atoms with Gasteiger partial charge in [-0.3, -0.25) is 4.68 Å². The molecule has 0 radical (unpaired) electrons. The highest BCUT2D eigenvalue weighted by Gasteiger charge is 2.21. The van der Waals surface area contributed by atoms with Crippen molar-refractivity contribution < 1.29 is 8.78 Å². The molecule has 1 aliphatic heterocycles. The third kappa shape index (κ3) is 3.37. The van der Waals surface area contributed by atoms with E-state index in [1.807, 2.05) is 28.9 Å². The summed E-state index contributed by atoms with van der Waals surface area (Å²) in [6.45, 7) is 2.17. The molecule has 0 fully saturated rings. The molecular weight excluding hydrogens is 356 g/mol. The maximum atomic E-state index is 13.6. The predicted molar refractivity (Wildman–Crippen MR) is 98.4 cm³/mol. The first-order valence-corrected chi connectivity index (χ1v) is 8.99. The monoisotopic (exact) mass is 373 g/mol. The van der Waals surface area contributed by atoms with Gasteiger partial charge in [-0.2, -0.15) is 5.10 Å². The lowest BCUT2D eigenvalue weighted by atomic mass is 10.0. The lowest BCUT2D eigenvalue weighted by Gasteiger charge is -2.08. The lowest BCUT2D eigenvalue weighted by molar-refractivity contribution is 0.505. The lowest BCUT2D eigenvalue weighted by Crippen LogP contribution is -2.17. The minimum atomic E-state index is -0.834. The third-order valence-electron chi connectivity index (χ3n) is 4.69. The Kier molecular flexibility index (Phi) is 4.74. The second-order valence-electron chi connectivity index (χ2n) is 6.44. The van der Waals surface area contributed by atoms with Crippen molar-refractivity contribution in [1.82, 2.24) is 15.1 Å². The van der Waals surface area contributed by atoms with Crippen molar-refractivity contribution in [3.8, 4) is 11.3 Å². The zero-order valence-electron chi connectivity index (χ0n) is 14.1. The highest BCUT2D eigenvalue weighted by Crippen LogP contribution is 2.29. The normalized spacial score (nSPS) is 14.1. The number of halogens is 3. The van der Waals surface area contributed by atoms with E-state index in [9.17, 15) is 8.78 Å². The Bertz CT molecular complexity index is 935. The van der Waals surface area contributed by atoms with Gasteiger partial charge in [0.15, 0.2) is 11.6 Å². The van der Waals surface area contributed by atoms with E-state index in [0.717, 1.165) is 48.9 Å². The van der Waals surface area contributed by atoms with Gasteiger partial charge in [0.2, 0.25) is 0 Å². The van der Waals surface area contributed by atoms with Gasteiger partial charge in [0.05, 0.1) is 12.2 Å². The molecule has 4 rings (SSSR count). The van der Waals surface area contributed by atoms with Gasteiger partial charge in [0, 0.05) is 34.8 Å². The van der Waals surface area contributed by atoms with E-state index in [-0.39, 0.29) is 0 Å². The van der Waals surface area contributed by atoms with E-state index < -0.39 is 11.6 Å². The van der Waals surface area contributed by atoms with Crippen LogP contribution in [0.2, 0.25) is 5.02 Å². The Hall–Kier alpha value is -2.24. The van der Waals surface area contributed by atoms with Gasteiger partial charge >= 0.3 is 0 Å². The molecule has 0 aliphatic carbocycles. The number of aromatic nitrogens is 2. The summed E-state index contributed by atoms with van der Waals surface area (Å²) in [6.07, 6.45) is 1.73. The van der Waals surface area contributed by atoms with Crippen LogP contribution in [0.15, 0.2) is 42.5 Å². The topological polar surface area (TPSA) is 29.9 Å². The zero-order valence-corrected chi connectivity index (χ0v) is 14.9. The van der Waals surface area contributed by atoms with Crippen molar-refractivity contribution in [2.24, 2.45) is 0 Å². The number of fused-ring (bicyclic) bond motifs is 1. The Morgan fingerprint density at radius 2 is 1.77 bits per heavy atom. The van der Waals surface area contributed by atoms with Crippen molar-refractivity contribution in [1.29, 1.82) is 0 Å². The molecule has 0 amide bonds. The maximum absolute atomic E-state index is 13.6. The molecule has 3 aromatic rings. The Morgan fingerprint density at radius 3 is 2.54 bits per heavy atom. The summed E-state index contributed by atoms with van der Waals surface area (Å²) in [6, 6.07) is 11.6. The molecule has 0 saturated heterocycles. The molecule has 0 bridgehead atoms. The summed E-state index contributed by atoms with van der Waals surface area (Å²) in [4.78, 5) is 0. The van der Waals surface area contributed by atoms with Gasteiger partial charge in [-0.25, -0.2) is 8.78 Å². The van der Waals surface area contributed by atoms with Gasteiger partial charge in [-0.05, 0) is 42.8 Å². The van der Waals surface area contributed by atoms with Crippen molar-refractivity contribution in [3.05, 3.63) is 75.9 Å². The third-order valence-corrected chi connectivity index (χ3v) is 4.94. The fourth-order valence-corrected chi connectivity index (χ4v) is 3.53. The summed E-state index contributed by atoms with van der Waals surface area (Å²) >= 11 is 6.01. The van der Waals surface area contributed by atoms with Crippen molar-refractivity contribution in [2.45, 2.75) is 19.4 Å². The molecule has 0 spiro atoms. The van der Waals surface area contributed by atoms with Crippen LogP contribution in [0.1, 0.15) is 16.8 Å². The molecule has 134 valence electrons. The molecule has 3 nitrogen and oxygen atoms in total. The van der Waals surface area contributed by atoms with E-state index in [1.54, 1.807) is 6.07 Å². The molecule has 2 aromatic carbocycles. The average molecular weight is 374 g/mol. The number of hydrogen-bond donors (Lipinski definition) is 1. The van der Waals surface area contributed by atoms with Gasteiger partial charge in [0.25, 0.3) is 0 Å².